The molecule has 1 atom stereocenters. The molecular formula is C24H32N4O2. The summed E-state index contributed by atoms with van der Waals surface area (Å²) in [6.45, 7) is 7.98. The van der Waals surface area contributed by atoms with Crippen molar-refractivity contribution in [2.24, 2.45) is 0 Å². The number of para-hydroxylation sites is 1. The average molecular weight is 409 g/mol. The molecule has 0 bridgehead atoms. The van der Waals surface area contributed by atoms with Crippen molar-refractivity contribution in [1.29, 1.82) is 0 Å². The maximum absolute atomic E-state index is 12.4. The van der Waals surface area contributed by atoms with Crippen molar-refractivity contribution >= 4 is 17.5 Å². The summed E-state index contributed by atoms with van der Waals surface area (Å²) in [6.07, 6.45) is 0.889. The maximum Gasteiger partial charge on any atom is 0.238 e. The normalized spacial score (nSPS) is 16.1. The van der Waals surface area contributed by atoms with Crippen LogP contribution in [0.3, 0.4) is 0 Å². The first kappa shape index (κ1) is 22.0. The van der Waals surface area contributed by atoms with Crippen molar-refractivity contribution in [2.75, 3.05) is 44.6 Å². The van der Waals surface area contributed by atoms with Gasteiger partial charge in [0.05, 0.1) is 19.1 Å². The molecule has 1 aliphatic heterocycles. The van der Waals surface area contributed by atoms with Crippen molar-refractivity contribution in [3.05, 3.63) is 65.7 Å². The Hall–Kier alpha value is -2.70. The van der Waals surface area contributed by atoms with Gasteiger partial charge in [0.25, 0.3) is 0 Å². The molecule has 2 amide bonds. The minimum absolute atomic E-state index is 0.00492. The van der Waals surface area contributed by atoms with E-state index < -0.39 is 0 Å². The number of carbonyl (C=O) groups excluding carboxylic acids is 2. The minimum Gasteiger partial charge on any atom is -0.348 e. The second-order valence-corrected chi connectivity index (χ2v) is 7.81. The third-order valence-corrected chi connectivity index (χ3v) is 5.55. The zero-order chi connectivity index (χ0) is 21.3. The number of anilines is 1. The highest BCUT2D eigenvalue weighted by Crippen LogP contribution is 2.15. The van der Waals surface area contributed by atoms with E-state index in [4.69, 9.17) is 0 Å². The van der Waals surface area contributed by atoms with E-state index in [-0.39, 0.29) is 17.9 Å². The Morgan fingerprint density at radius 3 is 2.07 bits per heavy atom. The van der Waals surface area contributed by atoms with E-state index in [1.165, 1.54) is 0 Å². The monoisotopic (exact) mass is 408 g/mol. The van der Waals surface area contributed by atoms with Gasteiger partial charge in [0.1, 0.15) is 0 Å². The van der Waals surface area contributed by atoms with Crippen LogP contribution in [0.5, 0.6) is 0 Å². The van der Waals surface area contributed by atoms with Crippen molar-refractivity contribution in [1.82, 2.24) is 15.1 Å². The fraction of sp³-hybridized carbons (Fsp3) is 0.417. The Bertz CT molecular complexity index is 832. The zero-order valence-electron chi connectivity index (χ0n) is 17.9. The molecule has 0 spiro atoms. The van der Waals surface area contributed by atoms with Crippen LogP contribution in [0.1, 0.15) is 31.0 Å². The molecule has 3 rings (SSSR count). The third-order valence-electron chi connectivity index (χ3n) is 5.55. The van der Waals surface area contributed by atoms with Crippen LogP contribution in [-0.4, -0.2) is 60.9 Å². The number of amides is 2. The lowest BCUT2D eigenvalue weighted by Crippen LogP contribution is -2.51. The summed E-state index contributed by atoms with van der Waals surface area (Å²) in [6, 6.07) is 17.9. The van der Waals surface area contributed by atoms with Gasteiger partial charge in [0, 0.05) is 31.9 Å². The van der Waals surface area contributed by atoms with Gasteiger partial charge in [-0.25, -0.2) is 0 Å². The minimum atomic E-state index is -0.00492. The molecule has 160 valence electrons. The Kier molecular flexibility index (Phi) is 7.99. The molecule has 0 saturated carbocycles. The molecule has 0 radical (unpaired) electrons. The van der Waals surface area contributed by atoms with Gasteiger partial charge in [-0.2, -0.15) is 0 Å². The van der Waals surface area contributed by atoms with Gasteiger partial charge < -0.3 is 10.6 Å². The van der Waals surface area contributed by atoms with Gasteiger partial charge in [0.15, 0.2) is 0 Å². The van der Waals surface area contributed by atoms with Crippen LogP contribution in [-0.2, 0) is 16.0 Å². The number of hydrogen-bond acceptors (Lipinski definition) is 4. The second kappa shape index (κ2) is 10.9. The molecule has 1 fully saturated rings. The number of nitrogens with zero attached hydrogens (tertiary/aromatic N) is 2. The Labute approximate surface area is 179 Å². The number of nitrogens with one attached hydrogen (secondary N) is 2. The fourth-order valence-corrected chi connectivity index (χ4v) is 3.76. The lowest BCUT2D eigenvalue weighted by molar-refractivity contribution is -0.124. The number of aryl methyl sites for hydroxylation is 1. The van der Waals surface area contributed by atoms with Crippen LogP contribution in [0, 0.1) is 0 Å². The first-order valence-corrected chi connectivity index (χ1v) is 10.7. The predicted molar refractivity (Wildman–Crippen MR) is 120 cm³/mol. The Morgan fingerprint density at radius 2 is 1.43 bits per heavy atom. The highest BCUT2D eigenvalue weighted by atomic mass is 16.2. The summed E-state index contributed by atoms with van der Waals surface area (Å²) < 4.78 is 0. The van der Waals surface area contributed by atoms with Crippen LogP contribution in [0.25, 0.3) is 0 Å². The highest BCUT2D eigenvalue weighted by molar-refractivity contribution is 5.93. The molecule has 1 saturated heterocycles. The van der Waals surface area contributed by atoms with Gasteiger partial charge in [0.2, 0.25) is 11.8 Å². The summed E-state index contributed by atoms with van der Waals surface area (Å²) in [7, 11) is 0. The fourth-order valence-electron chi connectivity index (χ4n) is 3.76. The summed E-state index contributed by atoms with van der Waals surface area (Å²) in [4.78, 5) is 29.1. The SMILES string of the molecule is CCc1ccccc1NC(=O)CN1CCN(CC(=O)N[C@H](C)c2ccccc2)CC1. The zero-order valence-corrected chi connectivity index (χ0v) is 17.9. The summed E-state index contributed by atoms with van der Waals surface area (Å²) in [5, 5.41) is 6.10. The maximum atomic E-state index is 12.4. The second-order valence-electron chi connectivity index (χ2n) is 7.81. The van der Waals surface area contributed by atoms with Gasteiger partial charge in [-0.1, -0.05) is 55.5 Å². The van der Waals surface area contributed by atoms with Crippen molar-refractivity contribution in [3.8, 4) is 0 Å². The molecule has 2 N–H and O–H groups in total. The van der Waals surface area contributed by atoms with E-state index in [0.717, 1.165) is 49.4 Å². The van der Waals surface area contributed by atoms with E-state index in [1.54, 1.807) is 0 Å². The number of piperazine rings is 1. The standard InChI is InChI=1S/C24H32N4O2/c1-3-20-9-7-8-12-22(20)26-24(30)18-28-15-13-27(14-16-28)17-23(29)25-19(2)21-10-5-4-6-11-21/h4-12,19H,3,13-18H2,1-2H3,(H,25,29)(H,26,30)/t19-/m1/s1. The first-order chi connectivity index (χ1) is 14.5. The molecular weight excluding hydrogens is 376 g/mol. The number of rotatable bonds is 8. The first-order valence-electron chi connectivity index (χ1n) is 10.7. The van der Waals surface area contributed by atoms with Crippen LogP contribution in [0.4, 0.5) is 5.69 Å². The van der Waals surface area contributed by atoms with Gasteiger partial charge >= 0.3 is 0 Å². The third kappa shape index (κ3) is 6.40. The molecule has 0 aliphatic carbocycles. The summed E-state index contributed by atoms with van der Waals surface area (Å²) >= 11 is 0. The molecule has 1 aliphatic rings. The quantitative estimate of drug-likeness (QED) is 0.705. The van der Waals surface area contributed by atoms with E-state index in [2.05, 4.69) is 27.4 Å². The lowest BCUT2D eigenvalue weighted by atomic mass is 10.1. The molecule has 6 nitrogen and oxygen atoms in total. The molecule has 2 aromatic carbocycles. The van der Waals surface area contributed by atoms with E-state index in [0.29, 0.717) is 13.1 Å². The number of hydrogen-bond donors (Lipinski definition) is 2. The topological polar surface area (TPSA) is 64.7 Å². The molecule has 0 unspecified atom stereocenters. The van der Waals surface area contributed by atoms with E-state index in [1.807, 2.05) is 61.5 Å². The van der Waals surface area contributed by atoms with Gasteiger partial charge in [-0.15, -0.1) is 0 Å². The molecule has 6 heteroatoms. The van der Waals surface area contributed by atoms with Crippen LogP contribution in [0.15, 0.2) is 54.6 Å². The molecule has 0 aromatic heterocycles. The van der Waals surface area contributed by atoms with Crippen LogP contribution >= 0.6 is 0 Å². The number of benzene rings is 2. The molecule has 2 aromatic rings. The Balaban J connectivity index is 1.39. The summed E-state index contributed by atoms with van der Waals surface area (Å²) in [5.41, 5.74) is 3.14. The van der Waals surface area contributed by atoms with Crippen molar-refractivity contribution in [3.63, 3.8) is 0 Å². The average Bonchev–Trinajstić information content (AvgIpc) is 2.76. The van der Waals surface area contributed by atoms with E-state index >= 15 is 0 Å². The number of carbonyl (C=O) groups is 2. The van der Waals surface area contributed by atoms with E-state index in [9.17, 15) is 9.59 Å². The van der Waals surface area contributed by atoms with Crippen molar-refractivity contribution in [2.45, 2.75) is 26.3 Å². The predicted octanol–water partition coefficient (Wildman–Crippen LogP) is 2.68. The largest absolute Gasteiger partial charge is 0.348 e. The molecule has 30 heavy (non-hydrogen) atoms. The lowest BCUT2D eigenvalue weighted by Gasteiger charge is -2.34. The summed E-state index contributed by atoms with van der Waals surface area (Å²) in [5.74, 6) is 0.0486. The van der Waals surface area contributed by atoms with Crippen molar-refractivity contribution < 1.29 is 9.59 Å². The molecule has 1 heterocycles. The van der Waals surface area contributed by atoms with Crippen LogP contribution in [0.2, 0.25) is 0 Å². The Morgan fingerprint density at radius 1 is 0.867 bits per heavy atom. The smallest absolute Gasteiger partial charge is 0.238 e. The highest BCUT2D eigenvalue weighted by Gasteiger charge is 2.21. The van der Waals surface area contributed by atoms with Gasteiger partial charge in [-0.05, 0) is 30.5 Å². The van der Waals surface area contributed by atoms with Crippen LogP contribution < -0.4 is 10.6 Å². The van der Waals surface area contributed by atoms with Gasteiger partial charge in [-0.3, -0.25) is 19.4 Å².